The summed E-state index contributed by atoms with van der Waals surface area (Å²) in [6, 6.07) is 31.4. The Hall–Kier alpha value is -2.95. The summed E-state index contributed by atoms with van der Waals surface area (Å²) in [5, 5.41) is 3.49. The van der Waals surface area contributed by atoms with Crippen molar-refractivity contribution in [1.82, 2.24) is 0 Å². The largest absolute Gasteiger partial charge is 0.463 e. The summed E-state index contributed by atoms with van der Waals surface area (Å²) < 4.78 is 12.4. The SMILES string of the molecule is CCOC(=O)C=C[C@H](O[Si](c1ccccc1)(c1ccccc1)c1ccccc1)C(C)(C)C. The lowest BCUT2D eigenvalue weighted by atomic mass is 9.89. The van der Waals surface area contributed by atoms with Gasteiger partial charge in [-0.1, -0.05) is 112 Å². The second-order valence-electron chi connectivity index (χ2n) is 8.79. The second-order valence-corrected chi connectivity index (χ2v) is 12.1. The number of carbonyl (C=O) groups is 1. The third-order valence-electron chi connectivity index (χ3n) is 5.39. The number of benzene rings is 3. The third kappa shape index (κ3) is 5.45. The molecule has 3 rings (SSSR count). The molecule has 0 unspecified atom stereocenters. The van der Waals surface area contributed by atoms with Crippen LogP contribution in [-0.4, -0.2) is 27.0 Å². The first-order valence-electron chi connectivity index (χ1n) is 11.1. The predicted molar refractivity (Wildman–Crippen MR) is 134 cm³/mol. The summed E-state index contributed by atoms with van der Waals surface area (Å²) in [4.78, 5) is 12.1. The molecule has 0 aliphatic rings. The van der Waals surface area contributed by atoms with Crippen LogP contribution in [0, 0.1) is 5.41 Å². The highest BCUT2D eigenvalue weighted by atomic mass is 28.4. The quantitative estimate of drug-likeness (QED) is 0.226. The first-order valence-corrected chi connectivity index (χ1v) is 13.0. The van der Waals surface area contributed by atoms with Crippen LogP contribution in [0.25, 0.3) is 0 Å². The molecular weight excluding hydrogens is 412 g/mol. The molecule has 0 N–H and O–H groups in total. The van der Waals surface area contributed by atoms with Crippen LogP contribution < -0.4 is 15.6 Å². The number of esters is 1. The number of carbonyl (C=O) groups excluding carboxylic acids is 1. The molecule has 3 aromatic rings. The lowest BCUT2D eigenvalue weighted by Gasteiger charge is -2.40. The van der Waals surface area contributed by atoms with Gasteiger partial charge in [0.15, 0.2) is 0 Å². The molecule has 0 aromatic heterocycles. The molecule has 4 heteroatoms. The van der Waals surface area contributed by atoms with Gasteiger partial charge in [-0.05, 0) is 34.0 Å². The fourth-order valence-corrected chi connectivity index (χ4v) is 7.98. The van der Waals surface area contributed by atoms with Crippen LogP contribution in [0.15, 0.2) is 103 Å². The molecule has 0 aliphatic carbocycles. The van der Waals surface area contributed by atoms with Crippen LogP contribution in [0.1, 0.15) is 27.7 Å². The van der Waals surface area contributed by atoms with E-state index < -0.39 is 8.32 Å². The highest BCUT2D eigenvalue weighted by Gasteiger charge is 2.45. The van der Waals surface area contributed by atoms with Crippen molar-refractivity contribution >= 4 is 29.8 Å². The molecule has 0 radical (unpaired) electrons. The van der Waals surface area contributed by atoms with E-state index in [1.807, 2.05) is 31.2 Å². The van der Waals surface area contributed by atoms with Crippen molar-refractivity contribution in [2.24, 2.45) is 5.41 Å². The fraction of sp³-hybridized carbons (Fsp3) is 0.250. The Kier molecular flexibility index (Phi) is 7.83. The predicted octanol–water partition coefficient (Wildman–Crippen LogP) is 4.20. The van der Waals surface area contributed by atoms with E-state index in [1.54, 1.807) is 0 Å². The molecule has 32 heavy (non-hydrogen) atoms. The van der Waals surface area contributed by atoms with Gasteiger partial charge in [-0.3, -0.25) is 0 Å². The van der Waals surface area contributed by atoms with Crippen molar-refractivity contribution in [2.75, 3.05) is 6.61 Å². The van der Waals surface area contributed by atoms with Gasteiger partial charge in [-0.15, -0.1) is 0 Å². The number of hydrogen-bond acceptors (Lipinski definition) is 3. The average molecular weight is 445 g/mol. The monoisotopic (exact) mass is 444 g/mol. The van der Waals surface area contributed by atoms with E-state index in [0.29, 0.717) is 6.61 Å². The molecule has 0 heterocycles. The molecule has 3 nitrogen and oxygen atoms in total. The highest BCUT2D eigenvalue weighted by molar-refractivity contribution is 7.07. The van der Waals surface area contributed by atoms with Gasteiger partial charge < -0.3 is 9.16 Å². The van der Waals surface area contributed by atoms with E-state index in [0.717, 1.165) is 15.6 Å². The first kappa shape index (κ1) is 23.7. The van der Waals surface area contributed by atoms with Crippen molar-refractivity contribution in [2.45, 2.75) is 33.8 Å². The molecule has 166 valence electrons. The minimum Gasteiger partial charge on any atom is -0.463 e. The van der Waals surface area contributed by atoms with Crippen molar-refractivity contribution in [3.8, 4) is 0 Å². The molecule has 0 fully saturated rings. The summed E-state index contributed by atoms with van der Waals surface area (Å²) in [7, 11) is -2.89. The van der Waals surface area contributed by atoms with E-state index in [1.165, 1.54) is 6.08 Å². The van der Waals surface area contributed by atoms with Gasteiger partial charge >= 0.3 is 5.97 Å². The maximum atomic E-state index is 12.1. The lowest BCUT2D eigenvalue weighted by Crippen LogP contribution is -2.71. The lowest BCUT2D eigenvalue weighted by molar-refractivity contribution is -0.137. The Labute approximate surface area is 192 Å². The van der Waals surface area contributed by atoms with Crippen LogP contribution >= 0.6 is 0 Å². The molecule has 0 bridgehead atoms. The van der Waals surface area contributed by atoms with E-state index in [-0.39, 0.29) is 17.5 Å². The van der Waals surface area contributed by atoms with Crippen molar-refractivity contribution in [3.05, 3.63) is 103 Å². The number of rotatable bonds is 8. The summed E-state index contributed by atoms with van der Waals surface area (Å²) >= 11 is 0. The fourth-order valence-electron chi connectivity index (χ4n) is 3.77. The van der Waals surface area contributed by atoms with Crippen molar-refractivity contribution < 1.29 is 14.0 Å². The molecule has 0 amide bonds. The van der Waals surface area contributed by atoms with E-state index in [2.05, 4.69) is 93.6 Å². The number of ether oxygens (including phenoxy) is 1. The van der Waals surface area contributed by atoms with E-state index in [4.69, 9.17) is 9.16 Å². The molecule has 0 aliphatic heterocycles. The molecule has 1 atom stereocenters. The summed E-state index contributed by atoms with van der Waals surface area (Å²) in [5.74, 6) is -0.350. The van der Waals surface area contributed by atoms with Gasteiger partial charge in [0.05, 0.1) is 12.7 Å². The average Bonchev–Trinajstić information content (AvgIpc) is 2.80. The number of hydrogen-bond donors (Lipinski definition) is 0. The van der Waals surface area contributed by atoms with Crippen molar-refractivity contribution in [3.63, 3.8) is 0 Å². The summed E-state index contributed by atoms with van der Waals surface area (Å²) in [5.41, 5.74) is -0.237. The second kappa shape index (κ2) is 10.6. The van der Waals surface area contributed by atoms with Crippen LogP contribution in [0.5, 0.6) is 0 Å². The molecular formula is C28H32O3Si. The molecule has 3 aromatic carbocycles. The maximum Gasteiger partial charge on any atom is 0.330 e. The topological polar surface area (TPSA) is 35.5 Å². The molecule has 0 saturated heterocycles. The van der Waals surface area contributed by atoms with Gasteiger partial charge in [0.2, 0.25) is 0 Å². The molecule has 0 spiro atoms. The summed E-state index contributed by atoms with van der Waals surface area (Å²) in [6.45, 7) is 8.55. The van der Waals surface area contributed by atoms with E-state index >= 15 is 0 Å². The van der Waals surface area contributed by atoms with Gasteiger partial charge in [-0.25, -0.2) is 4.79 Å². The first-order chi connectivity index (χ1) is 15.4. The van der Waals surface area contributed by atoms with Gasteiger partial charge in [0.25, 0.3) is 8.32 Å². The Balaban J connectivity index is 2.22. The summed E-state index contributed by atoms with van der Waals surface area (Å²) in [6.07, 6.45) is 3.05. The minimum atomic E-state index is -2.89. The van der Waals surface area contributed by atoms with Crippen LogP contribution in [0.3, 0.4) is 0 Å². The highest BCUT2D eigenvalue weighted by Crippen LogP contribution is 2.27. The zero-order valence-corrected chi connectivity index (χ0v) is 20.3. The Morgan fingerprint density at radius 3 is 1.56 bits per heavy atom. The van der Waals surface area contributed by atoms with E-state index in [9.17, 15) is 4.79 Å². The van der Waals surface area contributed by atoms with Crippen LogP contribution in [-0.2, 0) is 14.0 Å². The normalized spacial score (nSPS) is 13.1. The standard InChI is InChI=1S/C28H32O3Si/c1-5-30-27(29)22-21-26(28(2,3)4)31-32(23-15-9-6-10-16-23,24-17-11-7-12-18-24)25-19-13-8-14-20-25/h6-22,26H,5H2,1-4H3/t26-/m0/s1. The van der Waals surface area contributed by atoms with Crippen LogP contribution in [0.4, 0.5) is 0 Å². The Morgan fingerprint density at radius 1 is 0.812 bits per heavy atom. The zero-order valence-electron chi connectivity index (χ0n) is 19.3. The van der Waals surface area contributed by atoms with Crippen LogP contribution in [0.2, 0.25) is 0 Å². The van der Waals surface area contributed by atoms with Gasteiger partial charge in [0.1, 0.15) is 0 Å². The smallest absolute Gasteiger partial charge is 0.330 e. The van der Waals surface area contributed by atoms with Crippen molar-refractivity contribution in [1.29, 1.82) is 0 Å². The minimum absolute atomic E-state index is 0.237. The Morgan fingerprint density at radius 2 is 1.22 bits per heavy atom. The third-order valence-corrected chi connectivity index (χ3v) is 9.44. The van der Waals surface area contributed by atoms with Gasteiger partial charge in [-0.2, -0.15) is 0 Å². The maximum absolute atomic E-state index is 12.1. The zero-order chi connectivity index (χ0) is 23.0. The Bertz CT molecular complexity index is 912. The molecule has 0 saturated carbocycles. The van der Waals surface area contributed by atoms with Gasteiger partial charge in [0, 0.05) is 6.08 Å².